The molecule has 0 aliphatic heterocycles. The molecular formula is C18H10BrN3. The minimum absolute atomic E-state index is 0.458. The van der Waals surface area contributed by atoms with Crippen molar-refractivity contribution in [2.45, 2.75) is 11.3 Å². The van der Waals surface area contributed by atoms with Crippen molar-refractivity contribution < 1.29 is 0 Å². The lowest BCUT2D eigenvalue weighted by Crippen LogP contribution is -2.14. The van der Waals surface area contributed by atoms with Gasteiger partial charge in [-0.25, -0.2) is 0 Å². The van der Waals surface area contributed by atoms with Gasteiger partial charge in [-0.3, -0.25) is 0 Å². The Morgan fingerprint density at radius 1 is 0.864 bits per heavy atom. The fourth-order valence-electron chi connectivity index (χ4n) is 3.30. The Bertz CT molecular complexity index is 840. The van der Waals surface area contributed by atoms with Gasteiger partial charge in [-0.05, 0) is 23.3 Å². The number of hydrogen-bond donors (Lipinski definition) is 0. The van der Waals surface area contributed by atoms with Crippen LogP contribution in [0.1, 0.15) is 17.0 Å². The van der Waals surface area contributed by atoms with E-state index in [9.17, 15) is 15.8 Å². The van der Waals surface area contributed by atoms with Gasteiger partial charge in [-0.1, -0.05) is 58.4 Å². The number of halogens is 1. The summed E-state index contributed by atoms with van der Waals surface area (Å²) in [5, 5.41) is 29.1. The van der Waals surface area contributed by atoms with Crippen molar-refractivity contribution >= 4 is 15.9 Å². The summed E-state index contributed by atoms with van der Waals surface area (Å²) in [5.41, 5.74) is -0.948. The molecule has 1 saturated carbocycles. The molecule has 0 aromatic heterocycles. The van der Waals surface area contributed by atoms with Crippen LogP contribution in [-0.2, 0) is 5.41 Å². The van der Waals surface area contributed by atoms with E-state index in [4.69, 9.17) is 0 Å². The topological polar surface area (TPSA) is 71.4 Å². The van der Waals surface area contributed by atoms with Gasteiger partial charge in [0.05, 0.1) is 18.2 Å². The summed E-state index contributed by atoms with van der Waals surface area (Å²) in [6.07, 6.45) is 0. The molecule has 0 radical (unpaired) electrons. The summed E-state index contributed by atoms with van der Waals surface area (Å²) in [6, 6.07) is 23.1. The first-order valence-corrected chi connectivity index (χ1v) is 7.50. The van der Waals surface area contributed by atoms with Gasteiger partial charge in [0.2, 0.25) is 0 Å². The van der Waals surface area contributed by atoms with Crippen LogP contribution in [0.5, 0.6) is 0 Å². The van der Waals surface area contributed by atoms with Gasteiger partial charge in [-0.2, -0.15) is 15.8 Å². The van der Waals surface area contributed by atoms with Crippen molar-refractivity contribution in [2.75, 3.05) is 0 Å². The standard InChI is InChI=1S/C18H10BrN3/c19-15-8-4-5-13(9-15)16-17(10-20,11-21)18(16,12-22)14-6-2-1-3-7-14/h1-9,16H/t16-,18+/m0/s1. The van der Waals surface area contributed by atoms with E-state index in [0.717, 1.165) is 10.0 Å². The van der Waals surface area contributed by atoms with Crippen LogP contribution in [0, 0.1) is 39.4 Å². The first kappa shape index (κ1) is 14.3. The average molecular weight is 348 g/mol. The summed E-state index contributed by atoms with van der Waals surface area (Å²) in [7, 11) is 0. The van der Waals surface area contributed by atoms with Gasteiger partial charge in [0.1, 0.15) is 5.41 Å². The predicted molar refractivity (Wildman–Crippen MR) is 84.3 cm³/mol. The second-order valence-electron chi connectivity index (χ2n) is 5.31. The highest BCUT2D eigenvalue weighted by atomic mass is 79.9. The monoisotopic (exact) mass is 347 g/mol. The summed E-state index contributed by atoms with van der Waals surface area (Å²) in [6.45, 7) is 0. The zero-order valence-electron chi connectivity index (χ0n) is 11.5. The maximum atomic E-state index is 9.84. The zero-order chi connectivity index (χ0) is 15.8. The Morgan fingerprint density at radius 2 is 1.55 bits per heavy atom. The number of rotatable bonds is 2. The number of nitrogens with zero attached hydrogens (tertiary/aromatic N) is 3. The second-order valence-corrected chi connectivity index (χ2v) is 6.22. The third-order valence-electron chi connectivity index (χ3n) is 4.34. The van der Waals surface area contributed by atoms with E-state index in [-0.39, 0.29) is 0 Å². The van der Waals surface area contributed by atoms with Gasteiger partial charge in [0.15, 0.2) is 5.41 Å². The molecule has 3 nitrogen and oxygen atoms in total. The molecule has 0 unspecified atom stereocenters. The van der Waals surface area contributed by atoms with Crippen molar-refractivity contribution in [1.82, 2.24) is 0 Å². The minimum Gasteiger partial charge on any atom is -0.197 e. The summed E-state index contributed by atoms with van der Waals surface area (Å²) in [5.74, 6) is -0.458. The molecule has 0 spiro atoms. The molecule has 2 atom stereocenters. The van der Waals surface area contributed by atoms with E-state index in [1.807, 2.05) is 54.6 Å². The lowest BCUT2D eigenvalue weighted by atomic mass is 9.88. The number of nitriles is 3. The maximum absolute atomic E-state index is 9.84. The third-order valence-corrected chi connectivity index (χ3v) is 4.84. The lowest BCUT2D eigenvalue weighted by molar-refractivity contribution is 0.742. The molecule has 0 saturated heterocycles. The van der Waals surface area contributed by atoms with Crippen molar-refractivity contribution in [3.8, 4) is 18.2 Å². The van der Waals surface area contributed by atoms with Crippen molar-refractivity contribution in [3.05, 3.63) is 70.2 Å². The molecule has 0 heterocycles. The molecule has 104 valence electrons. The highest BCUT2D eigenvalue weighted by Gasteiger charge is 2.81. The van der Waals surface area contributed by atoms with Crippen LogP contribution in [0.2, 0.25) is 0 Å². The molecule has 0 bridgehead atoms. The molecule has 0 amide bonds. The van der Waals surface area contributed by atoms with E-state index in [0.29, 0.717) is 5.56 Å². The maximum Gasteiger partial charge on any atom is 0.175 e. The van der Waals surface area contributed by atoms with Crippen molar-refractivity contribution in [1.29, 1.82) is 15.8 Å². The minimum atomic E-state index is -1.36. The molecule has 2 aromatic rings. The lowest BCUT2D eigenvalue weighted by Gasteiger charge is -2.09. The number of hydrogen-bond acceptors (Lipinski definition) is 3. The molecule has 3 rings (SSSR count). The van der Waals surface area contributed by atoms with E-state index < -0.39 is 16.7 Å². The fraction of sp³-hybridized carbons (Fsp3) is 0.167. The van der Waals surface area contributed by atoms with Gasteiger partial charge in [-0.15, -0.1) is 0 Å². The van der Waals surface area contributed by atoms with E-state index in [1.165, 1.54) is 0 Å². The quantitative estimate of drug-likeness (QED) is 0.822. The average Bonchev–Trinajstić information content (AvgIpc) is 3.19. The second kappa shape index (κ2) is 4.99. The van der Waals surface area contributed by atoms with Crippen LogP contribution < -0.4 is 0 Å². The third kappa shape index (κ3) is 1.64. The molecule has 0 N–H and O–H groups in total. The largest absolute Gasteiger partial charge is 0.197 e. The van der Waals surface area contributed by atoms with Crippen LogP contribution in [0.15, 0.2) is 59.1 Å². The normalized spacial score (nSPS) is 24.5. The van der Waals surface area contributed by atoms with Crippen LogP contribution in [0.3, 0.4) is 0 Å². The molecule has 4 heteroatoms. The summed E-state index contributed by atoms with van der Waals surface area (Å²) in [4.78, 5) is 0. The number of benzene rings is 2. The Labute approximate surface area is 137 Å². The Hall–Kier alpha value is -2.61. The van der Waals surface area contributed by atoms with E-state index in [1.54, 1.807) is 0 Å². The smallest absolute Gasteiger partial charge is 0.175 e. The first-order chi connectivity index (χ1) is 10.7. The van der Waals surface area contributed by atoms with E-state index >= 15 is 0 Å². The Morgan fingerprint density at radius 3 is 2.09 bits per heavy atom. The molecule has 1 aliphatic rings. The highest BCUT2D eigenvalue weighted by molar-refractivity contribution is 9.10. The SMILES string of the molecule is N#CC1(C#N)[C@H](c2cccc(Br)c2)[C@@]1(C#N)c1ccccc1. The summed E-state index contributed by atoms with van der Waals surface area (Å²) < 4.78 is 0.863. The van der Waals surface area contributed by atoms with Crippen molar-refractivity contribution in [3.63, 3.8) is 0 Å². The molecule has 1 fully saturated rings. The van der Waals surface area contributed by atoms with E-state index in [2.05, 4.69) is 34.1 Å². The Kier molecular flexibility index (Phi) is 3.25. The van der Waals surface area contributed by atoms with Crippen LogP contribution >= 0.6 is 15.9 Å². The molecule has 1 aliphatic carbocycles. The molecule has 2 aromatic carbocycles. The first-order valence-electron chi connectivity index (χ1n) is 6.71. The fourth-order valence-corrected chi connectivity index (χ4v) is 3.72. The van der Waals surface area contributed by atoms with Gasteiger partial charge in [0, 0.05) is 10.4 Å². The van der Waals surface area contributed by atoms with Gasteiger partial charge < -0.3 is 0 Å². The van der Waals surface area contributed by atoms with Gasteiger partial charge in [0.25, 0.3) is 0 Å². The van der Waals surface area contributed by atoms with Crippen LogP contribution in [-0.4, -0.2) is 0 Å². The van der Waals surface area contributed by atoms with Gasteiger partial charge >= 0.3 is 0 Å². The zero-order valence-corrected chi connectivity index (χ0v) is 13.1. The molecular weight excluding hydrogens is 338 g/mol. The van der Waals surface area contributed by atoms with Crippen molar-refractivity contribution in [2.24, 2.45) is 5.41 Å². The Balaban J connectivity index is 2.24. The highest BCUT2D eigenvalue weighted by Crippen LogP contribution is 2.74. The predicted octanol–water partition coefficient (Wildman–Crippen LogP) is 4.04. The van der Waals surface area contributed by atoms with Crippen LogP contribution in [0.25, 0.3) is 0 Å². The van der Waals surface area contributed by atoms with Crippen LogP contribution in [0.4, 0.5) is 0 Å². The molecule has 22 heavy (non-hydrogen) atoms. The summed E-state index contributed by atoms with van der Waals surface area (Å²) >= 11 is 3.41.